The average molecular weight is 423 g/mol. The van der Waals surface area contributed by atoms with Gasteiger partial charge in [0.05, 0.1) is 0 Å². The minimum absolute atomic E-state index is 0.616. The van der Waals surface area contributed by atoms with Gasteiger partial charge in [-0.2, -0.15) is 0 Å². The Morgan fingerprint density at radius 1 is 0.433 bits per heavy atom. The van der Waals surface area contributed by atoms with Crippen LogP contribution in [0.15, 0.2) is 0 Å². The van der Waals surface area contributed by atoms with E-state index in [0.717, 1.165) is 11.8 Å². The van der Waals surface area contributed by atoms with E-state index in [4.69, 9.17) is 0 Å². The van der Waals surface area contributed by atoms with E-state index in [0.29, 0.717) is 5.41 Å². The van der Waals surface area contributed by atoms with Crippen LogP contribution in [0.3, 0.4) is 0 Å². The largest absolute Gasteiger partial charge is 0.0654 e. The SMILES string of the molecule is CCCCCCCCC(CC)C(CC)(CCCCCCCC)C(CC)CCCCC. The molecule has 3 unspecified atom stereocenters. The third-order valence-electron chi connectivity index (χ3n) is 8.33. The van der Waals surface area contributed by atoms with Gasteiger partial charge in [-0.3, -0.25) is 0 Å². The Labute approximate surface area is 193 Å². The van der Waals surface area contributed by atoms with Crippen molar-refractivity contribution in [2.75, 3.05) is 0 Å². The summed E-state index contributed by atoms with van der Waals surface area (Å²) < 4.78 is 0. The Kier molecular flexibility index (Phi) is 20.9. The van der Waals surface area contributed by atoms with E-state index >= 15 is 0 Å². The minimum Gasteiger partial charge on any atom is -0.0654 e. The van der Waals surface area contributed by atoms with Crippen molar-refractivity contribution in [3.63, 3.8) is 0 Å². The summed E-state index contributed by atoms with van der Waals surface area (Å²) in [6.07, 6.45) is 30.3. The molecule has 0 rings (SSSR count). The zero-order valence-corrected chi connectivity index (χ0v) is 22.5. The molecule has 0 heteroatoms. The Hall–Kier alpha value is 0. The van der Waals surface area contributed by atoms with Crippen LogP contribution < -0.4 is 0 Å². The third-order valence-corrected chi connectivity index (χ3v) is 8.33. The van der Waals surface area contributed by atoms with Crippen LogP contribution in [-0.4, -0.2) is 0 Å². The van der Waals surface area contributed by atoms with E-state index in [2.05, 4.69) is 41.5 Å². The van der Waals surface area contributed by atoms with Gasteiger partial charge in [-0.15, -0.1) is 0 Å². The molecule has 0 aliphatic heterocycles. The van der Waals surface area contributed by atoms with Gasteiger partial charge in [-0.1, -0.05) is 151 Å². The second kappa shape index (κ2) is 20.9. The molecule has 0 heterocycles. The van der Waals surface area contributed by atoms with Crippen molar-refractivity contribution in [3.8, 4) is 0 Å². The molecule has 0 saturated heterocycles. The van der Waals surface area contributed by atoms with E-state index in [-0.39, 0.29) is 0 Å². The van der Waals surface area contributed by atoms with Crippen LogP contribution >= 0.6 is 0 Å². The fraction of sp³-hybridized carbons (Fsp3) is 1.00. The van der Waals surface area contributed by atoms with E-state index in [1.807, 2.05) is 0 Å². The first-order valence-corrected chi connectivity index (χ1v) is 14.7. The van der Waals surface area contributed by atoms with Crippen molar-refractivity contribution in [2.24, 2.45) is 17.3 Å². The van der Waals surface area contributed by atoms with Crippen molar-refractivity contribution in [1.82, 2.24) is 0 Å². The molecule has 0 aromatic carbocycles. The first-order chi connectivity index (χ1) is 14.7. The Morgan fingerprint density at radius 2 is 0.800 bits per heavy atom. The molecule has 0 aliphatic carbocycles. The molecule has 0 radical (unpaired) electrons. The maximum atomic E-state index is 2.55. The number of hydrogen-bond donors (Lipinski definition) is 0. The highest BCUT2D eigenvalue weighted by Gasteiger charge is 2.40. The van der Waals surface area contributed by atoms with Gasteiger partial charge in [0, 0.05) is 0 Å². The molecule has 0 N–H and O–H groups in total. The fourth-order valence-corrected chi connectivity index (χ4v) is 6.34. The van der Waals surface area contributed by atoms with Crippen molar-refractivity contribution in [3.05, 3.63) is 0 Å². The van der Waals surface area contributed by atoms with Gasteiger partial charge in [0.15, 0.2) is 0 Å². The van der Waals surface area contributed by atoms with Gasteiger partial charge in [0.2, 0.25) is 0 Å². The summed E-state index contributed by atoms with van der Waals surface area (Å²) in [5, 5.41) is 0. The fourth-order valence-electron chi connectivity index (χ4n) is 6.34. The first kappa shape index (κ1) is 30.0. The van der Waals surface area contributed by atoms with Crippen LogP contribution in [0.2, 0.25) is 0 Å². The number of unbranched alkanes of at least 4 members (excludes halogenated alkanes) is 12. The molecular weight excluding hydrogens is 360 g/mol. The molecule has 0 spiro atoms. The predicted octanol–water partition coefficient (Wildman–Crippen LogP) is 11.5. The summed E-state index contributed by atoms with van der Waals surface area (Å²) in [7, 11) is 0. The van der Waals surface area contributed by atoms with Gasteiger partial charge in [-0.25, -0.2) is 0 Å². The standard InChI is InChI=1S/C30H62/c1-7-13-16-18-20-23-26-29(11-5)30(12-6,27-24-21-19-17-14-8-2)28(10-4)25-22-15-9-3/h28-29H,7-27H2,1-6H3. The molecule has 0 nitrogen and oxygen atoms in total. The van der Waals surface area contributed by atoms with Crippen LogP contribution in [-0.2, 0) is 0 Å². The lowest BCUT2D eigenvalue weighted by atomic mass is 9.58. The quantitative estimate of drug-likeness (QED) is 0.144. The molecule has 3 atom stereocenters. The Morgan fingerprint density at radius 3 is 1.23 bits per heavy atom. The lowest BCUT2D eigenvalue weighted by Gasteiger charge is -2.47. The molecule has 0 aromatic heterocycles. The van der Waals surface area contributed by atoms with Crippen molar-refractivity contribution >= 4 is 0 Å². The van der Waals surface area contributed by atoms with Crippen LogP contribution in [0.1, 0.15) is 176 Å². The van der Waals surface area contributed by atoms with E-state index in [1.165, 1.54) is 135 Å². The zero-order chi connectivity index (χ0) is 22.5. The second-order valence-electron chi connectivity index (χ2n) is 10.4. The summed E-state index contributed by atoms with van der Waals surface area (Å²) in [5.74, 6) is 1.91. The molecule has 0 aromatic rings. The summed E-state index contributed by atoms with van der Waals surface area (Å²) in [6, 6.07) is 0. The maximum absolute atomic E-state index is 2.55. The van der Waals surface area contributed by atoms with Gasteiger partial charge in [-0.05, 0) is 42.9 Å². The lowest BCUT2D eigenvalue weighted by molar-refractivity contribution is 0.0291. The molecule has 182 valence electrons. The van der Waals surface area contributed by atoms with Crippen LogP contribution in [0.4, 0.5) is 0 Å². The minimum atomic E-state index is 0.616. The predicted molar refractivity (Wildman–Crippen MR) is 140 cm³/mol. The van der Waals surface area contributed by atoms with Crippen LogP contribution in [0.25, 0.3) is 0 Å². The number of rotatable bonds is 23. The molecular formula is C30H62. The summed E-state index contributed by atoms with van der Waals surface area (Å²) in [6.45, 7) is 14.6. The summed E-state index contributed by atoms with van der Waals surface area (Å²) >= 11 is 0. The highest BCUT2D eigenvalue weighted by Crippen LogP contribution is 2.50. The molecule has 0 saturated carbocycles. The molecule has 0 bridgehead atoms. The van der Waals surface area contributed by atoms with Crippen molar-refractivity contribution in [1.29, 1.82) is 0 Å². The number of hydrogen-bond acceptors (Lipinski definition) is 0. The van der Waals surface area contributed by atoms with Gasteiger partial charge in [0.25, 0.3) is 0 Å². The van der Waals surface area contributed by atoms with Gasteiger partial charge in [0.1, 0.15) is 0 Å². The Balaban J connectivity index is 5.06. The van der Waals surface area contributed by atoms with Gasteiger partial charge < -0.3 is 0 Å². The summed E-state index contributed by atoms with van der Waals surface area (Å²) in [4.78, 5) is 0. The molecule has 0 amide bonds. The van der Waals surface area contributed by atoms with E-state index in [1.54, 1.807) is 0 Å². The monoisotopic (exact) mass is 422 g/mol. The topological polar surface area (TPSA) is 0 Å². The lowest BCUT2D eigenvalue weighted by Crippen LogP contribution is -2.38. The smallest absolute Gasteiger partial charge is 0.0244 e. The van der Waals surface area contributed by atoms with Gasteiger partial charge >= 0.3 is 0 Å². The van der Waals surface area contributed by atoms with Crippen molar-refractivity contribution in [2.45, 2.75) is 176 Å². The molecule has 0 fully saturated rings. The second-order valence-corrected chi connectivity index (χ2v) is 10.4. The first-order valence-electron chi connectivity index (χ1n) is 14.7. The van der Waals surface area contributed by atoms with Crippen LogP contribution in [0.5, 0.6) is 0 Å². The third kappa shape index (κ3) is 12.1. The normalized spacial score (nSPS) is 15.8. The van der Waals surface area contributed by atoms with E-state index in [9.17, 15) is 0 Å². The van der Waals surface area contributed by atoms with E-state index < -0.39 is 0 Å². The Bertz CT molecular complexity index is 333. The van der Waals surface area contributed by atoms with Crippen molar-refractivity contribution < 1.29 is 0 Å². The molecule has 30 heavy (non-hydrogen) atoms. The van der Waals surface area contributed by atoms with Crippen LogP contribution in [0, 0.1) is 17.3 Å². The molecule has 0 aliphatic rings. The zero-order valence-electron chi connectivity index (χ0n) is 22.5. The summed E-state index contributed by atoms with van der Waals surface area (Å²) in [5.41, 5.74) is 0.616. The highest BCUT2D eigenvalue weighted by molar-refractivity contribution is 4.90. The maximum Gasteiger partial charge on any atom is -0.0244 e. The highest BCUT2D eigenvalue weighted by atomic mass is 14.5. The average Bonchev–Trinajstić information content (AvgIpc) is 2.77.